The Morgan fingerprint density at radius 3 is 2.64 bits per heavy atom. The van der Waals surface area contributed by atoms with E-state index in [0.717, 1.165) is 10.9 Å². The first-order chi connectivity index (χ1) is 6.68. The van der Waals surface area contributed by atoms with Crippen molar-refractivity contribution in [3.63, 3.8) is 0 Å². The lowest BCUT2D eigenvalue weighted by molar-refractivity contribution is 1.17. The topological polar surface area (TPSA) is 25.8 Å². The zero-order valence-corrected chi connectivity index (χ0v) is 9.18. The smallest absolute Gasteiger partial charge is 0.150 e. The van der Waals surface area contributed by atoms with E-state index in [1.165, 1.54) is 0 Å². The lowest BCUT2D eigenvalue weighted by Crippen LogP contribution is -1.91. The minimum atomic E-state index is -0.651. The number of hydrogen-bond donors (Lipinski definition) is 0. The maximum Gasteiger partial charge on any atom is 0.150 e. The third-order valence-corrected chi connectivity index (χ3v) is 2.44. The maximum absolute atomic E-state index is 5.76. The summed E-state index contributed by atoms with van der Waals surface area (Å²) in [7, 11) is 0. The number of pyridine rings is 2. The van der Waals surface area contributed by atoms with E-state index in [4.69, 9.17) is 34.8 Å². The molecule has 2 aromatic rings. The number of fused-ring (bicyclic) bond motifs is 1. The van der Waals surface area contributed by atoms with Crippen molar-refractivity contribution in [2.45, 2.75) is 4.84 Å². The van der Waals surface area contributed by atoms with Gasteiger partial charge in [0.25, 0.3) is 0 Å². The van der Waals surface area contributed by atoms with Gasteiger partial charge in [-0.25, -0.2) is 4.98 Å². The molecule has 0 unspecified atom stereocenters. The monoisotopic (exact) mass is 246 g/mol. The summed E-state index contributed by atoms with van der Waals surface area (Å²) in [6.45, 7) is 0. The third kappa shape index (κ3) is 1.78. The van der Waals surface area contributed by atoms with E-state index >= 15 is 0 Å². The normalized spacial score (nSPS) is 11.1. The van der Waals surface area contributed by atoms with Gasteiger partial charge in [-0.05, 0) is 18.2 Å². The Bertz CT molecular complexity index is 471. The first-order valence-electron chi connectivity index (χ1n) is 3.88. The van der Waals surface area contributed by atoms with Crippen molar-refractivity contribution < 1.29 is 0 Å². The molecule has 0 saturated heterocycles. The highest BCUT2D eigenvalue weighted by atomic mass is 35.5. The second-order valence-corrected chi connectivity index (χ2v) is 4.18. The molecule has 0 atom stereocenters. The van der Waals surface area contributed by atoms with Crippen LogP contribution in [0.5, 0.6) is 0 Å². The first-order valence-corrected chi connectivity index (χ1v) is 5.13. The molecule has 2 aromatic heterocycles. The van der Waals surface area contributed by atoms with Crippen molar-refractivity contribution >= 4 is 45.7 Å². The molecule has 5 heteroatoms. The summed E-state index contributed by atoms with van der Waals surface area (Å²) in [6, 6.07) is 5.26. The molecule has 0 radical (unpaired) electrons. The number of hydrogen-bond acceptors (Lipinski definition) is 2. The Morgan fingerprint density at radius 1 is 1.14 bits per heavy atom. The van der Waals surface area contributed by atoms with Crippen molar-refractivity contribution in [1.82, 2.24) is 9.97 Å². The molecule has 0 aliphatic heterocycles. The Kier molecular flexibility index (Phi) is 2.77. The zero-order chi connectivity index (χ0) is 10.1. The van der Waals surface area contributed by atoms with Crippen LogP contribution in [0.15, 0.2) is 24.4 Å². The van der Waals surface area contributed by atoms with Gasteiger partial charge in [-0.1, -0.05) is 34.8 Å². The second-order valence-electron chi connectivity index (χ2n) is 2.70. The van der Waals surface area contributed by atoms with Crippen LogP contribution in [0.3, 0.4) is 0 Å². The lowest BCUT2D eigenvalue weighted by atomic mass is 10.2. The highest BCUT2D eigenvalue weighted by molar-refractivity contribution is 6.44. The van der Waals surface area contributed by atoms with Gasteiger partial charge in [-0.3, -0.25) is 4.98 Å². The molecule has 72 valence electrons. The van der Waals surface area contributed by atoms with Crippen LogP contribution in [-0.4, -0.2) is 9.97 Å². The van der Waals surface area contributed by atoms with Crippen LogP contribution >= 0.6 is 34.8 Å². The molecular weight excluding hydrogens is 242 g/mol. The van der Waals surface area contributed by atoms with E-state index in [9.17, 15) is 0 Å². The first kappa shape index (κ1) is 9.97. The van der Waals surface area contributed by atoms with Crippen molar-refractivity contribution in [3.8, 4) is 0 Å². The van der Waals surface area contributed by atoms with Gasteiger partial charge in [0.1, 0.15) is 9.99 Å². The fourth-order valence-electron chi connectivity index (χ4n) is 1.23. The minimum absolute atomic E-state index is 0.440. The van der Waals surface area contributed by atoms with Crippen LogP contribution in [0.4, 0.5) is 0 Å². The minimum Gasteiger partial charge on any atom is -0.258 e. The summed E-state index contributed by atoms with van der Waals surface area (Å²) in [5, 5.41) is 1.27. The Balaban J connectivity index is 2.75. The Hall–Kier alpha value is -0.570. The molecule has 2 heterocycles. The fourth-order valence-corrected chi connectivity index (χ4v) is 1.73. The summed E-state index contributed by atoms with van der Waals surface area (Å²) in [5.41, 5.74) is 1.35. The van der Waals surface area contributed by atoms with Crippen LogP contribution in [0.2, 0.25) is 5.15 Å². The predicted molar refractivity (Wildman–Crippen MR) is 59.0 cm³/mol. The molecule has 0 saturated carbocycles. The summed E-state index contributed by atoms with van der Waals surface area (Å²) in [5.74, 6) is 0. The van der Waals surface area contributed by atoms with Gasteiger partial charge in [0.15, 0.2) is 0 Å². The predicted octanol–water partition coefficient (Wildman–Crippen LogP) is 3.76. The van der Waals surface area contributed by atoms with E-state index < -0.39 is 4.84 Å². The largest absolute Gasteiger partial charge is 0.258 e. The van der Waals surface area contributed by atoms with Crippen LogP contribution in [0, 0.1) is 0 Å². The van der Waals surface area contributed by atoms with Gasteiger partial charge < -0.3 is 0 Å². The molecule has 2 nitrogen and oxygen atoms in total. The number of nitrogens with zero attached hydrogens (tertiary/aromatic N) is 2. The van der Waals surface area contributed by atoms with Crippen LogP contribution in [0.1, 0.15) is 10.5 Å². The fraction of sp³-hybridized carbons (Fsp3) is 0.111. The summed E-state index contributed by atoms with van der Waals surface area (Å²) in [4.78, 5) is 7.56. The van der Waals surface area contributed by atoms with Crippen molar-refractivity contribution in [2.75, 3.05) is 0 Å². The highest BCUT2D eigenvalue weighted by Crippen LogP contribution is 2.29. The van der Waals surface area contributed by atoms with Gasteiger partial charge in [0, 0.05) is 11.6 Å². The van der Waals surface area contributed by atoms with Crippen molar-refractivity contribution in [1.29, 1.82) is 0 Å². The van der Waals surface area contributed by atoms with E-state index in [-0.39, 0.29) is 0 Å². The van der Waals surface area contributed by atoms with E-state index in [1.54, 1.807) is 18.3 Å². The van der Waals surface area contributed by atoms with E-state index in [0.29, 0.717) is 10.8 Å². The molecular formula is C9H5Cl3N2. The highest BCUT2D eigenvalue weighted by Gasteiger charge is 2.10. The Morgan fingerprint density at radius 2 is 1.93 bits per heavy atom. The van der Waals surface area contributed by atoms with Crippen molar-refractivity contribution in [3.05, 3.63) is 35.2 Å². The molecule has 0 aliphatic carbocycles. The number of aromatic nitrogens is 2. The van der Waals surface area contributed by atoms with Gasteiger partial charge in [0.05, 0.1) is 11.2 Å². The van der Waals surface area contributed by atoms with Crippen LogP contribution in [0.25, 0.3) is 10.9 Å². The summed E-state index contributed by atoms with van der Waals surface area (Å²) in [6.07, 6.45) is 1.61. The Labute approximate surface area is 95.8 Å². The number of alkyl halides is 2. The average Bonchev–Trinajstić information content (AvgIpc) is 2.16. The maximum atomic E-state index is 5.76. The number of halogens is 3. The molecule has 0 fully saturated rings. The lowest BCUT2D eigenvalue weighted by Gasteiger charge is -2.04. The van der Waals surface area contributed by atoms with Crippen LogP contribution < -0.4 is 0 Å². The molecule has 0 spiro atoms. The molecule has 0 N–H and O–H groups in total. The summed E-state index contributed by atoms with van der Waals surface area (Å²) >= 11 is 17.3. The van der Waals surface area contributed by atoms with Gasteiger partial charge in [0.2, 0.25) is 0 Å². The van der Waals surface area contributed by atoms with Crippen LogP contribution in [-0.2, 0) is 0 Å². The third-order valence-electron chi connectivity index (χ3n) is 1.82. The SMILES string of the molecule is Clc1ccc2c(C(Cl)Cl)nccc2n1. The molecule has 0 amide bonds. The van der Waals surface area contributed by atoms with Gasteiger partial charge >= 0.3 is 0 Å². The average molecular weight is 248 g/mol. The second kappa shape index (κ2) is 3.89. The molecule has 14 heavy (non-hydrogen) atoms. The van der Waals surface area contributed by atoms with E-state index in [1.807, 2.05) is 6.07 Å². The number of rotatable bonds is 1. The van der Waals surface area contributed by atoms with Gasteiger partial charge in [-0.15, -0.1) is 0 Å². The van der Waals surface area contributed by atoms with Gasteiger partial charge in [-0.2, -0.15) is 0 Å². The summed E-state index contributed by atoms with van der Waals surface area (Å²) < 4.78 is 0. The molecule has 0 bridgehead atoms. The zero-order valence-electron chi connectivity index (χ0n) is 6.92. The molecule has 0 aliphatic rings. The van der Waals surface area contributed by atoms with E-state index in [2.05, 4.69) is 9.97 Å². The standard InChI is InChI=1S/C9H5Cl3N2/c10-7-2-1-5-6(14-7)3-4-13-8(5)9(11)12/h1-4,9H. The van der Waals surface area contributed by atoms with Crippen molar-refractivity contribution in [2.24, 2.45) is 0 Å². The molecule has 2 rings (SSSR count). The quantitative estimate of drug-likeness (QED) is 0.566. The molecule has 0 aromatic carbocycles.